The Morgan fingerprint density at radius 2 is 1.52 bits per heavy atom. The fourth-order valence-corrected chi connectivity index (χ4v) is 6.83. The normalized spacial score (nSPS) is 25.4. The second kappa shape index (κ2) is 7.94. The molecule has 2 aromatic rings. The minimum Gasteiger partial charge on any atom is -0.271 e. The van der Waals surface area contributed by atoms with Crippen molar-refractivity contribution in [2.45, 2.75) is 63.7 Å². The van der Waals surface area contributed by atoms with Crippen LogP contribution in [0.4, 0.5) is 0 Å². The van der Waals surface area contributed by atoms with Gasteiger partial charge in [-0.3, -0.25) is 9.71 Å². The van der Waals surface area contributed by atoms with Gasteiger partial charge in [-0.15, -0.1) is 0 Å². The molecular formula is C24H30N2O2S. The van der Waals surface area contributed by atoms with Gasteiger partial charge in [-0.2, -0.15) is 0 Å². The molecule has 0 spiro atoms. The first kappa shape index (κ1) is 20.1. The molecule has 1 saturated heterocycles. The second-order valence-corrected chi connectivity index (χ2v) is 10.8. The van der Waals surface area contributed by atoms with E-state index in [0.29, 0.717) is 12.3 Å². The summed E-state index contributed by atoms with van der Waals surface area (Å²) in [5.41, 5.74) is 2.63. The second-order valence-electron chi connectivity index (χ2n) is 9.05. The van der Waals surface area contributed by atoms with E-state index < -0.39 is 20.7 Å². The summed E-state index contributed by atoms with van der Waals surface area (Å²) < 4.78 is 29.2. The summed E-state index contributed by atoms with van der Waals surface area (Å²) >= 11 is 0. The van der Waals surface area contributed by atoms with Crippen molar-refractivity contribution in [2.75, 3.05) is 0 Å². The summed E-state index contributed by atoms with van der Waals surface area (Å²) in [5, 5.41) is -0.592. The summed E-state index contributed by atoms with van der Waals surface area (Å²) in [6, 6.07) is 18.3. The zero-order valence-electron chi connectivity index (χ0n) is 17.3. The Balaban J connectivity index is 1.60. The molecule has 0 aromatic heterocycles. The number of nitrogens with one attached hydrogen (secondary N) is 1. The van der Waals surface area contributed by atoms with Gasteiger partial charge in [0, 0.05) is 6.42 Å². The smallest absolute Gasteiger partial charge is 0.241 e. The molecule has 1 saturated carbocycles. The molecule has 29 heavy (non-hydrogen) atoms. The average molecular weight is 411 g/mol. The molecule has 2 aromatic carbocycles. The van der Waals surface area contributed by atoms with E-state index in [1.54, 1.807) is 0 Å². The molecule has 4 rings (SSSR count). The van der Waals surface area contributed by atoms with E-state index in [9.17, 15) is 8.42 Å². The van der Waals surface area contributed by atoms with Gasteiger partial charge in [0.25, 0.3) is 0 Å². The Bertz CT molecular complexity index is 973. The van der Waals surface area contributed by atoms with Crippen molar-refractivity contribution in [3.8, 4) is 11.1 Å². The first-order chi connectivity index (χ1) is 13.9. The number of hydrogen-bond donors (Lipinski definition) is 1. The Hall–Kier alpha value is -2.14. The van der Waals surface area contributed by atoms with E-state index in [0.717, 1.165) is 29.5 Å². The van der Waals surface area contributed by atoms with Gasteiger partial charge in [0.15, 0.2) is 0 Å². The fraction of sp³-hybridized carbons (Fsp3) is 0.458. The van der Waals surface area contributed by atoms with Crippen molar-refractivity contribution in [2.24, 2.45) is 10.4 Å². The number of amidine groups is 1. The molecule has 4 nitrogen and oxygen atoms in total. The Kier molecular flexibility index (Phi) is 5.52. The lowest BCUT2D eigenvalue weighted by atomic mass is 9.81. The minimum atomic E-state index is -3.54. The summed E-state index contributed by atoms with van der Waals surface area (Å²) in [7, 11) is -3.54. The zero-order chi connectivity index (χ0) is 20.5. The van der Waals surface area contributed by atoms with Gasteiger partial charge < -0.3 is 0 Å². The maximum absolute atomic E-state index is 13.2. The molecule has 5 heteroatoms. The van der Waals surface area contributed by atoms with Crippen molar-refractivity contribution >= 4 is 15.9 Å². The standard InChI is InChI=1S/C24H30N2O2S/c1-24(2)17-22(25-21-11-7-4-8-12-21)26-29(27,28)23(24)20-15-13-19(14-16-20)18-9-5-3-6-10-18/h3,5-6,9-10,13-16,21,23H,4,7-8,11-12,17H2,1-2H3,(H,25,26). The Morgan fingerprint density at radius 1 is 0.897 bits per heavy atom. The van der Waals surface area contributed by atoms with Crippen LogP contribution in [-0.4, -0.2) is 20.3 Å². The van der Waals surface area contributed by atoms with E-state index in [1.165, 1.54) is 19.3 Å². The van der Waals surface area contributed by atoms with Crippen LogP contribution in [0.15, 0.2) is 59.6 Å². The quantitative estimate of drug-likeness (QED) is 0.729. The highest BCUT2D eigenvalue weighted by Crippen LogP contribution is 2.45. The van der Waals surface area contributed by atoms with Gasteiger partial charge in [0.2, 0.25) is 10.0 Å². The van der Waals surface area contributed by atoms with E-state index in [1.807, 2.05) is 56.3 Å². The molecule has 1 unspecified atom stereocenters. The molecule has 1 atom stereocenters. The maximum atomic E-state index is 13.2. The third-order valence-electron chi connectivity index (χ3n) is 6.14. The predicted octanol–water partition coefficient (Wildman–Crippen LogP) is 5.48. The Morgan fingerprint density at radius 3 is 2.14 bits per heavy atom. The molecule has 2 fully saturated rings. The number of sulfonamides is 1. The van der Waals surface area contributed by atoms with Crippen LogP contribution in [0.5, 0.6) is 0 Å². The molecular weight excluding hydrogens is 380 g/mol. The van der Waals surface area contributed by atoms with Crippen molar-refractivity contribution in [1.82, 2.24) is 4.72 Å². The molecule has 1 heterocycles. The summed E-state index contributed by atoms with van der Waals surface area (Å²) in [5.74, 6) is 0.638. The largest absolute Gasteiger partial charge is 0.271 e. The van der Waals surface area contributed by atoms with Crippen molar-refractivity contribution in [3.05, 3.63) is 60.2 Å². The van der Waals surface area contributed by atoms with Gasteiger partial charge in [-0.25, -0.2) is 8.42 Å². The van der Waals surface area contributed by atoms with Crippen molar-refractivity contribution in [3.63, 3.8) is 0 Å². The average Bonchev–Trinajstić information content (AvgIpc) is 2.68. The first-order valence-electron chi connectivity index (χ1n) is 10.6. The maximum Gasteiger partial charge on any atom is 0.241 e. The molecule has 0 radical (unpaired) electrons. The van der Waals surface area contributed by atoms with Gasteiger partial charge in [-0.05, 0) is 34.9 Å². The summed E-state index contributed by atoms with van der Waals surface area (Å²) in [4.78, 5) is 4.79. The van der Waals surface area contributed by atoms with Crippen LogP contribution < -0.4 is 4.72 Å². The summed E-state index contributed by atoms with van der Waals surface area (Å²) in [6.45, 7) is 4.08. The van der Waals surface area contributed by atoms with Gasteiger partial charge in [-0.1, -0.05) is 87.7 Å². The van der Waals surface area contributed by atoms with Gasteiger partial charge in [0.1, 0.15) is 11.1 Å². The molecule has 0 bridgehead atoms. The van der Waals surface area contributed by atoms with Gasteiger partial charge >= 0.3 is 0 Å². The van der Waals surface area contributed by atoms with Crippen molar-refractivity contribution < 1.29 is 8.42 Å². The number of hydrogen-bond acceptors (Lipinski definition) is 3. The molecule has 1 N–H and O–H groups in total. The van der Waals surface area contributed by atoms with Crippen LogP contribution in [0.25, 0.3) is 11.1 Å². The molecule has 2 aliphatic rings. The lowest BCUT2D eigenvalue weighted by Crippen LogP contribution is -2.48. The van der Waals surface area contributed by atoms with Crippen LogP contribution >= 0.6 is 0 Å². The molecule has 1 aliphatic carbocycles. The highest BCUT2D eigenvalue weighted by molar-refractivity contribution is 7.90. The van der Waals surface area contributed by atoms with Crippen LogP contribution in [0.2, 0.25) is 0 Å². The van der Waals surface area contributed by atoms with Crippen LogP contribution in [0.3, 0.4) is 0 Å². The lowest BCUT2D eigenvalue weighted by Gasteiger charge is -2.39. The predicted molar refractivity (Wildman–Crippen MR) is 119 cm³/mol. The molecule has 1 aliphatic heterocycles. The third-order valence-corrected chi connectivity index (χ3v) is 8.19. The summed E-state index contributed by atoms with van der Waals surface area (Å²) in [6.07, 6.45) is 6.42. The SMILES string of the molecule is CC1(C)CC(=NC2CCCCC2)NS(=O)(=O)C1c1ccc(-c2ccccc2)cc1. The van der Waals surface area contributed by atoms with E-state index in [4.69, 9.17) is 4.99 Å². The lowest BCUT2D eigenvalue weighted by molar-refractivity contribution is 0.341. The van der Waals surface area contributed by atoms with Crippen LogP contribution in [-0.2, 0) is 10.0 Å². The third kappa shape index (κ3) is 4.40. The highest BCUT2D eigenvalue weighted by atomic mass is 32.2. The molecule has 154 valence electrons. The van der Waals surface area contributed by atoms with Gasteiger partial charge in [0.05, 0.1) is 6.04 Å². The number of aliphatic imine (C=N–C) groups is 1. The topological polar surface area (TPSA) is 58.5 Å². The Labute approximate surface area is 174 Å². The first-order valence-corrected chi connectivity index (χ1v) is 12.1. The molecule has 0 amide bonds. The van der Waals surface area contributed by atoms with E-state index in [2.05, 4.69) is 16.9 Å². The zero-order valence-corrected chi connectivity index (χ0v) is 18.1. The highest BCUT2D eigenvalue weighted by Gasteiger charge is 2.46. The van der Waals surface area contributed by atoms with Crippen LogP contribution in [0, 0.1) is 5.41 Å². The van der Waals surface area contributed by atoms with Crippen LogP contribution in [0.1, 0.15) is 63.2 Å². The number of nitrogens with zero attached hydrogens (tertiary/aromatic N) is 1. The van der Waals surface area contributed by atoms with E-state index >= 15 is 0 Å². The monoisotopic (exact) mass is 410 g/mol. The number of benzene rings is 2. The fourth-order valence-electron chi connectivity index (χ4n) is 4.82. The number of rotatable bonds is 3. The van der Waals surface area contributed by atoms with E-state index in [-0.39, 0.29) is 6.04 Å². The minimum absolute atomic E-state index is 0.263. The van der Waals surface area contributed by atoms with Crippen molar-refractivity contribution in [1.29, 1.82) is 0 Å².